The summed E-state index contributed by atoms with van der Waals surface area (Å²) in [5, 5.41) is 5.16. The Hall–Kier alpha value is -0.910. The average molecular weight is 299 g/mol. The van der Waals surface area contributed by atoms with Crippen LogP contribution in [0.3, 0.4) is 0 Å². The number of rotatable bonds is 10. The van der Waals surface area contributed by atoms with Crippen molar-refractivity contribution in [2.24, 2.45) is 5.14 Å². The predicted octanol–water partition coefficient (Wildman–Crippen LogP) is 2.66. The van der Waals surface area contributed by atoms with E-state index in [4.69, 9.17) is 9.88 Å². The summed E-state index contributed by atoms with van der Waals surface area (Å²) < 4.78 is 28.2. The lowest BCUT2D eigenvalue weighted by molar-refractivity contribution is 0.120. The molecule has 0 fully saturated rings. The Kier molecular flexibility index (Phi) is 7.80. The van der Waals surface area contributed by atoms with E-state index in [9.17, 15) is 8.42 Å². The topological polar surface area (TPSA) is 69.4 Å². The van der Waals surface area contributed by atoms with Gasteiger partial charge in [0.05, 0.1) is 12.4 Å². The molecule has 1 rings (SSSR count). The summed E-state index contributed by atoms with van der Waals surface area (Å²) in [4.78, 5) is 0. The van der Waals surface area contributed by atoms with Crippen molar-refractivity contribution in [3.05, 3.63) is 35.9 Å². The van der Waals surface area contributed by atoms with Gasteiger partial charge in [-0.3, -0.25) is 0 Å². The van der Waals surface area contributed by atoms with E-state index in [1.54, 1.807) is 0 Å². The van der Waals surface area contributed by atoms with Crippen LogP contribution < -0.4 is 5.14 Å². The smallest absolute Gasteiger partial charge is 0.209 e. The molecule has 2 N–H and O–H groups in total. The van der Waals surface area contributed by atoms with Gasteiger partial charge < -0.3 is 4.74 Å². The maximum atomic E-state index is 11.3. The summed E-state index contributed by atoms with van der Waals surface area (Å²) in [6, 6.07) is 9.52. The molecule has 1 atom stereocenters. The van der Waals surface area contributed by atoms with Gasteiger partial charge in [0.2, 0.25) is 10.0 Å². The maximum absolute atomic E-state index is 11.3. The van der Waals surface area contributed by atoms with Gasteiger partial charge in [-0.05, 0) is 12.0 Å². The van der Waals surface area contributed by atoms with E-state index in [0.29, 0.717) is 13.2 Å². The number of benzene rings is 1. The second-order valence-corrected chi connectivity index (χ2v) is 6.73. The number of hydrogen-bond donors (Lipinski definition) is 1. The van der Waals surface area contributed by atoms with Crippen LogP contribution in [0.15, 0.2) is 30.3 Å². The molecule has 5 heteroatoms. The molecule has 0 aliphatic rings. The van der Waals surface area contributed by atoms with Gasteiger partial charge in [0.1, 0.15) is 0 Å². The van der Waals surface area contributed by atoms with Crippen molar-refractivity contribution >= 4 is 10.0 Å². The molecule has 1 aromatic rings. The van der Waals surface area contributed by atoms with Crippen molar-refractivity contribution in [2.75, 3.05) is 19.0 Å². The Bertz CT molecular complexity index is 459. The maximum Gasteiger partial charge on any atom is 0.209 e. The van der Waals surface area contributed by atoms with E-state index >= 15 is 0 Å². The molecule has 1 aromatic carbocycles. The average Bonchev–Trinajstić information content (AvgIpc) is 2.41. The molecule has 0 saturated heterocycles. The minimum absolute atomic E-state index is 0.0774. The van der Waals surface area contributed by atoms with Gasteiger partial charge in [-0.2, -0.15) is 0 Å². The number of unbranched alkanes of at least 4 members (excludes halogenated alkanes) is 3. The number of sulfonamides is 1. The van der Waals surface area contributed by atoms with Gasteiger partial charge in [-0.15, -0.1) is 0 Å². The number of ether oxygens (including phenoxy) is 1. The van der Waals surface area contributed by atoms with E-state index in [-0.39, 0.29) is 11.7 Å². The molecule has 0 aromatic heterocycles. The fourth-order valence-corrected chi connectivity index (χ4v) is 2.95. The second-order valence-electron chi connectivity index (χ2n) is 5.07. The van der Waals surface area contributed by atoms with E-state index in [1.807, 2.05) is 30.3 Å². The number of hydrogen-bond acceptors (Lipinski definition) is 3. The lowest BCUT2D eigenvalue weighted by atomic mass is 10.0. The summed E-state index contributed by atoms with van der Waals surface area (Å²) in [5.41, 5.74) is 0.954. The summed E-state index contributed by atoms with van der Waals surface area (Å²) in [7, 11) is -3.50. The third-order valence-electron chi connectivity index (χ3n) is 3.17. The Morgan fingerprint density at radius 3 is 2.45 bits per heavy atom. The molecule has 0 heterocycles. The highest BCUT2D eigenvalue weighted by Crippen LogP contribution is 2.17. The second kappa shape index (κ2) is 9.10. The minimum atomic E-state index is -3.50. The SMILES string of the molecule is CCCCCCOCC(CS(N)(=O)=O)c1ccccc1. The third kappa shape index (κ3) is 7.62. The first-order valence-corrected chi connectivity index (χ1v) is 8.87. The number of primary sulfonamides is 1. The van der Waals surface area contributed by atoms with Gasteiger partial charge in [0, 0.05) is 12.5 Å². The molecule has 4 nitrogen and oxygen atoms in total. The zero-order valence-corrected chi connectivity index (χ0v) is 12.9. The highest BCUT2D eigenvalue weighted by molar-refractivity contribution is 7.89. The molecule has 0 saturated carbocycles. The van der Waals surface area contributed by atoms with Crippen LogP contribution in [-0.2, 0) is 14.8 Å². The van der Waals surface area contributed by atoms with Crippen LogP contribution in [0.2, 0.25) is 0 Å². The van der Waals surface area contributed by atoms with Crippen molar-refractivity contribution in [1.82, 2.24) is 0 Å². The van der Waals surface area contributed by atoms with Gasteiger partial charge >= 0.3 is 0 Å². The van der Waals surface area contributed by atoms with Crippen LogP contribution in [0.5, 0.6) is 0 Å². The van der Waals surface area contributed by atoms with Crippen molar-refractivity contribution in [2.45, 2.75) is 38.5 Å². The van der Waals surface area contributed by atoms with Crippen molar-refractivity contribution < 1.29 is 13.2 Å². The van der Waals surface area contributed by atoms with Crippen molar-refractivity contribution in [3.8, 4) is 0 Å². The molecule has 0 aliphatic carbocycles. The highest BCUT2D eigenvalue weighted by Gasteiger charge is 2.18. The Balaban J connectivity index is 2.48. The first kappa shape index (κ1) is 17.1. The van der Waals surface area contributed by atoms with Gasteiger partial charge in [-0.1, -0.05) is 56.5 Å². The van der Waals surface area contributed by atoms with Gasteiger partial charge in [-0.25, -0.2) is 13.6 Å². The summed E-state index contributed by atoms with van der Waals surface area (Å²) in [6.45, 7) is 3.24. The van der Waals surface area contributed by atoms with Crippen LogP contribution in [-0.4, -0.2) is 27.4 Å². The van der Waals surface area contributed by atoms with Gasteiger partial charge in [0.25, 0.3) is 0 Å². The molecule has 0 aliphatic heterocycles. The molecule has 20 heavy (non-hydrogen) atoms. The largest absolute Gasteiger partial charge is 0.381 e. The Morgan fingerprint density at radius 1 is 1.15 bits per heavy atom. The zero-order chi connectivity index (χ0) is 14.8. The van der Waals surface area contributed by atoms with E-state index in [1.165, 1.54) is 12.8 Å². The third-order valence-corrected chi connectivity index (χ3v) is 4.03. The van der Waals surface area contributed by atoms with Crippen LogP contribution in [0.25, 0.3) is 0 Å². The van der Waals surface area contributed by atoms with Crippen LogP contribution in [0.4, 0.5) is 0 Å². The monoisotopic (exact) mass is 299 g/mol. The molecular formula is C15H25NO3S. The predicted molar refractivity (Wildman–Crippen MR) is 82.1 cm³/mol. The standard InChI is InChI=1S/C15H25NO3S/c1-2-3-4-8-11-19-12-15(13-20(16,17)18)14-9-6-5-7-10-14/h5-7,9-10,15H,2-4,8,11-13H2,1H3,(H2,16,17,18). The molecule has 0 amide bonds. The summed E-state index contributed by atoms with van der Waals surface area (Å²) >= 11 is 0. The summed E-state index contributed by atoms with van der Waals surface area (Å²) in [6.07, 6.45) is 4.58. The van der Waals surface area contributed by atoms with Gasteiger partial charge in [0.15, 0.2) is 0 Å². The fourth-order valence-electron chi connectivity index (χ4n) is 2.10. The lowest BCUT2D eigenvalue weighted by Crippen LogP contribution is -2.24. The van der Waals surface area contributed by atoms with Crippen LogP contribution in [0.1, 0.15) is 44.1 Å². The van der Waals surface area contributed by atoms with E-state index in [2.05, 4.69) is 6.92 Å². The number of nitrogens with two attached hydrogens (primary N) is 1. The Labute approximate surface area is 122 Å². The molecule has 0 spiro atoms. The van der Waals surface area contributed by atoms with Crippen molar-refractivity contribution in [1.29, 1.82) is 0 Å². The molecule has 0 radical (unpaired) electrons. The quantitative estimate of drug-likeness (QED) is 0.675. The highest BCUT2D eigenvalue weighted by atomic mass is 32.2. The van der Waals surface area contributed by atoms with E-state index < -0.39 is 10.0 Å². The first-order chi connectivity index (χ1) is 9.53. The molecule has 0 bridgehead atoms. The van der Waals surface area contributed by atoms with Crippen LogP contribution >= 0.6 is 0 Å². The first-order valence-electron chi connectivity index (χ1n) is 7.16. The fraction of sp³-hybridized carbons (Fsp3) is 0.600. The normalized spacial score (nSPS) is 13.3. The van der Waals surface area contributed by atoms with Crippen LogP contribution in [0, 0.1) is 0 Å². The molecule has 1 unspecified atom stereocenters. The summed E-state index contributed by atoms with van der Waals surface area (Å²) in [5.74, 6) is -0.274. The van der Waals surface area contributed by atoms with E-state index in [0.717, 1.165) is 18.4 Å². The molecule has 114 valence electrons. The zero-order valence-electron chi connectivity index (χ0n) is 12.1. The minimum Gasteiger partial charge on any atom is -0.381 e. The van der Waals surface area contributed by atoms with Crippen molar-refractivity contribution in [3.63, 3.8) is 0 Å². The lowest BCUT2D eigenvalue weighted by Gasteiger charge is -2.16. The molecular weight excluding hydrogens is 274 g/mol. The Morgan fingerprint density at radius 2 is 1.85 bits per heavy atom.